The van der Waals surface area contributed by atoms with Crippen LogP contribution in [-0.2, 0) is 0 Å². The summed E-state index contributed by atoms with van der Waals surface area (Å²) in [4.78, 5) is 3.78. The summed E-state index contributed by atoms with van der Waals surface area (Å²) in [6.07, 6.45) is 0. The summed E-state index contributed by atoms with van der Waals surface area (Å²) in [7, 11) is 0. The van der Waals surface area contributed by atoms with Crippen LogP contribution in [0.25, 0.3) is 5.57 Å². The molecule has 2 nitrogen and oxygen atoms in total. The van der Waals surface area contributed by atoms with Gasteiger partial charge in [0.2, 0.25) is 5.88 Å². The van der Waals surface area contributed by atoms with E-state index in [1.54, 1.807) is 0 Å². The Labute approximate surface area is 72.6 Å². The molecule has 0 aliphatic carbocycles. The van der Waals surface area contributed by atoms with Gasteiger partial charge >= 0.3 is 0 Å². The maximum atomic E-state index is 5.43. The van der Waals surface area contributed by atoms with E-state index >= 15 is 0 Å². The van der Waals surface area contributed by atoms with Gasteiger partial charge in [-0.15, -0.1) is 0 Å². The molecule has 0 amide bonds. The number of rotatable bonds is 2. The molecule has 0 radical (unpaired) electrons. The van der Waals surface area contributed by atoms with Crippen LogP contribution < -0.4 is 0 Å². The Morgan fingerprint density at radius 1 is 1.33 bits per heavy atom. The molecule has 1 rings (SSSR count). The van der Waals surface area contributed by atoms with E-state index in [-0.39, 0.29) is 0 Å². The van der Waals surface area contributed by atoms with Gasteiger partial charge in [0.25, 0.3) is 0 Å². The van der Waals surface area contributed by atoms with Crippen LogP contribution in [-0.4, -0.2) is 6.72 Å². The smallest absolute Gasteiger partial charge is 0.221 e. The van der Waals surface area contributed by atoms with Crippen molar-refractivity contribution in [3.63, 3.8) is 0 Å². The maximum Gasteiger partial charge on any atom is 0.221 e. The quantitative estimate of drug-likeness (QED) is 0.614. The Hall–Kier alpha value is -1.31. The molecule has 0 saturated heterocycles. The van der Waals surface area contributed by atoms with Gasteiger partial charge in [0.05, 0.1) is 0 Å². The predicted octanol–water partition coefficient (Wildman–Crippen LogP) is 3.26. The van der Waals surface area contributed by atoms with Gasteiger partial charge in [-0.25, -0.2) is 4.99 Å². The van der Waals surface area contributed by atoms with E-state index in [2.05, 4.69) is 18.3 Å². The van der Waals surface area contributed by atoms with Crippen LogP contribution in [0.1, 0.15) is 23.8 Å². The molecule has 0 atom stereocenters. The number of nitrogens with zero attached hydrogens (tertiary/aromatic N) is 1. The highest BCUT2D eigenvalue weighted by Gasteiger charge is 2.12. The van der Waals surface area contributed by atoms with E-state index in [0.717, 1.165) is 22.5 Å². The highest BCUT2D eigenvalue weighted by molar-refractivity contribution is 5.64. The lowest BCUT2D eigenvalue weighted by atomic mass is 10.1. The SMILES string of the molecule is C=Nc1oc(C(=C)C)c(C)c1C. The van der Waals surface area contributed by atoms with Gasteiger partial charge in [-0.3, -0.25) is 0 Å². The van der Waals surface area contributed by atoms with Crippen molar-refractivity contribution in [2.45, 2.75) is 20.8 Å². The van der Waals surface area contributed by atoms with Crippen molar-refractivity contribution in [2.75, 3.05) is 0 Å². The van der Waals surface area contributed by atoms with Crippen LogP contribution >= 0.6 is 0 Å². The zero-order valence-corrected chi connectivity index (χ0v) is 7.77. The first-order valence-corrected chi connectivity index (χ1v) is 3.80. The number of hydrogen-bond donors (Lipinski definition) is 0. The third kappa shape index (κ3) is 1.20. The molecule has 0 bridgehead atoms. The van der Waals surface area contributed by atoms with Crippen LogP contribution in [0.2, 0.25) is 0 Å². The number of hydrogen-bond acceptors (Lipinski definition) is 2. The van der Waals surface area contributed by atoms with Crippen LogP contribution in [0, 0.1) is 13.8 Å². The summed E-state index contributed by atoms with van der Waals surface area (Å²) >= 11 is 0. The molecule has 0 N–H and O–H groups in total. The Kier molecular flexibility index (Phi) is 2.18. The van der Waals surface area contributed by atoms with Crippen LogP contribution in [0.4, 0.5) is 5.88 Å². The van der Waals surface area contributed by atoms with Gasteiger partial charge in [-0.1, -0.05) is 6.58 Å². The van der Waals surface area contributed by atoms with E-state index in [1.165, 1.54) is 0 Å². The molecule has 0 aromatic carbocycles. The summed E-state index contributed by atoms with van der Waals surface area (Å²) in [6, 6.07) is 0. The standard InChI is InChI=1S/C10H13NO/c1-6(2)9-7(3)8(4)10(11-5)12-9/h1,5H2,2-4H3. The van der Waals surface area contributed by atoms with Gasteiger partial charge in [-0.2, -0.15) is 0 Å². The van der Waals surface area contributed by atoms with Crippen molar-refractivity contribution in [2.24, 2.45) is 4.99 Å². The Bertz CT molecular complexity index is 334. The lowest BCUT2D eigenvalue weighted by molar-refractivity contribution is 0.560. The van der Waals surface area contributed by atoms with E-state index in [0.29, 0.717) is 5.88 Å². The zero-order chi connectivity index (χ0) is 9.30. The van der Waals surface area contributed by atoms with Gasteiger partial charge in [0.1, 0.15) is 5.76 Å². The second-order valence-electron chi connectivity index (χ2n) is 2.92. The lowest BCUT2D eigenvalue weighted by Crippen LogP contribution is -1.77. The first kappa shape index (κ1) is 8.78. The normalized spacial score (nSPS) is 9.92. The lowest BCUT2D eigenvalue weighted by Gasteiger charge is -1.93. The van der Waals surface area contributed by atoms with E-state index in [9.17, 15) is 0 Å². The van der Waals surface area contributed by atoms with Crippen LogP contribution in [0.3, 0.4) is 0 Å². The molecule has 64 valence electrons. The van der Waals surface area contributed by atoms with Crippen LogP contribution in [0.5, 0.6) is 0 Å². The average molecular weight is 163 g/mol. The maximum absolute atomic E-state index is 5.43. The van der Waals surface area contributed by atoms with Gasteiger partial charge in [-0.05, 0) is 33.1 Å². The first-order chi connectivity index (χ1) is 5.57. The Balaban J connectivity index is 3.34. The third-order valence-corrected chi connectivity index (χ3v) is 1.95. The summed E-state index contributed by atoms with van der Waals surface area (Å²) in [6.45, 7) is 13.1. The summed E-state index contributed by atoms with van der Waals surface area (Å²) in [5, 5.41) is 0. The molecular formula is C10H13NO. The van der Waals surface area contributed by atoms with Crippen molar-refractivity contribution in [3.8, 4) is 0 Å². The Morgan fingerprint density at radius 2 is 1.92 bits per heavy atom. The fraction of sp³-hybridized carbons (Fsp3) is 0.300. The minimum atomic E-state index is 0.602. The molecule has 12 heavy (non-hydrogen) atoms. The second kappa shape index (κ2) is 2.97. The average Bonchev–Trinajstić information content (AvgIpc) is 2.30. The third-order valence-electron chi connectivity index (χ3n) is 1.95. The minimum Gasteiger partial charge on any atom is -0.438 e. The first-order valence-electron chi connectivity index (χ1n) is 3.80. The summed E-state index contributed by atoms with van der Waals surface area (Å²) < 4.78 is 5.43. The molecule has 0 saturated carbocycles. The molecule has 1 heterocycles. The van der Waals surface area contributed by atoms with E-state index < -0.39 is 0 Å². The van der Waals surface area contributed by atoms with Gasteiger partial charge < -0.3 is 4.42 Å². The van der Waals surface area contributed by atoms with E-state index in [4.69, 9.17) is 4.42 Å². The zero-order valence-electron chi connectivity index (χ0n) is 7.77. The fourth-order valence-electron chi connectivity index (χ4n) is 1.14. The summed E-state index contributed by atoms with van der Waals surface area (Å²) in [5.74, 6) is 1.43. The van der Waals surface area contributed by atoms with Crippen molar-refractivity contribution in [3.05, 3.63) is 23.5 Å². The largest absolute Gasteiger partial charge is 0.438 e. The molecule has 0 unspecified atom stereocenters. The molecule has 2 heteroatoms. The van der Waals surface area contributed by atoms with Crippen LogP contribution in [0.15, 0.2) is 16.0 Å². The molecule has 0 fully saturated rings. The van der Waals surface area contributed by atoms with Crippen molar-refractivity contribution >= 4 is 18.2 Å². The molecule has 1 aromatic rings. The fourth-order valence-corrected chi connectivity index (χ4v) is 1.14. The van der Waals surface area contributed by atoms with Gasteiger partial charge in [0, 0.05) is 11.1 Å². The number of furan rings is 1. The molecule has 0 aliphatic heterocycles. The van der Waals surface area contributed by atoms with Crippen molar-refractivity contribution in [1.29, 1.82) is 0 Å². The second-order valence-corrected chi connectivity index (χ2v) is 2.92. The molecule has 0 spiro atoms. The van der Waals surface area contributed by atoms with Crippen molar-refractivity contribution < 1.29 is 4.42 Å². The number of allylic oxidation sites excluding steroid dienone is 1. The summed E-state index contributed by atoms with van der Waals surface area (Å²) in [5.41, 5.74) is 3.07. The minimum absolute atomic E-state index is 0.602. The number of aliphatic imine (C=N–C) groups is 1. The molecule has 1 aromatic heterocycles. The van der Waals surface area contributed by atoms with Crippen molar-refractivity contribution in [1.82, 2.24) is 0 Å². The molecular weight excluding hydrogens is 150 g/mol. The molecule has 0 aliphatic rings. The Morgan fingerprint density at radius 3 is 2.17 bits per heavy atom. The highest BCUT2D eigenvalue weighted by atomic mass is 16.4. The monoisotopic (exact) mass is 163 g/mol. The van der Waals surface area contributed by atoms with E-state index in [1.807, 2.05) is 20.8 Å². The van der Waals surface area contributed by atoms with Gasteiger partial charge in [0.15, 0.2) is 0 Å². The highest BCUT2D eigenvalue weighted by Crippen LogP contribution is 2.31. The topological polar surface area (TPSA) is 25.5 Å². The predicted molar refractivity (Wildman–Crippen MR) is 52.1 cm³/mol.